The average Bonchev–Trinajstić information content (AvgIpc) is 2.86. The van der Waals surface area contributed by atoms with Crippen molar-refractivity contribution in [1.82, 2.24) is 20.2 Å². The molecule has 1 amide bonds. The first-order chi connectivity index (χ1) is 10.1. The Balaban J connectivity index is 2.13. The Kier molecular flexibility index (Phi) is 5.45. The first-order valence-corrected chi connectivity index (χ1v) is 8.56. The van der Waals surface area contributed by atoms with E-state index in [-0.39, 0.29) is 11.3 Å². The molecule has 0 unspecified atom stereocenters. The normalized spacial score (nSPS) is 10.6. The first kappa shape index (κ1) is 15.6. The van der Waals surface area contributed by atoms with Crippen molar-refractivity contribution in [3.8, 4) is 0 Å². The number of amides is 1. The van der Waals surface area contributed by atoms with Crippen LogP contribution in [0.25, 0.3) is 0 Å². The molecule has 2 aromatic heterocycles. The van der Waals surface area contributed by atoms with Crippen molar-refractivity contribution in [1.29, 1.82) is 0 Å². The molecule has 112 valence electrons. The number of hydrogen-bond donors (Lipinski definition) is 2. The van der Waals surface area contributed by atoms with Crippen LogP contribution in [0.4, 0.5) is 5.13 Å². The van der Waals surface area contributed by atoms with Crippen molar-refractivity contribution in [3.05, 3.63) is 32.9 Å². The Morgan fingerprint density at radius 2 is 2.29 bits per heavy atom. The van der Waals surface area contributed by atoms with Gasteiger partial charge in [0.05, 0.1) is 5.75 Å². The fourth-order valence-corrected chi connectivity index (χ4v) is 2.86. The zero-order valence-electron chi connectivity index (χ0n) is 11.7. The fraction of sp³-hybridized carbons (Fsp3) is 0.417. The summed E-state index contributed by atoms with van der Waals surface area (Å²) in [5, 5.41) is 11.8. The van der Waals surface area contributed by atoms with E-state index in [1.807, 2.05) is 13.2 Å². The van der Waals surface area contributed by atoms with Crippen LogP contribution in [-0.4, -0.2) is 32.3 Å². The Bertz CT molecular complexity index is 682. The molecule has 2 N–H and O–H groups in total. The lowest BCUT2D eigenvalue weighted by Gasteiger charge is -2.02. The van der Waals surface area contributed by atoms with Crippen molar-refractivity contribution in [2.75, 3.05) is 11.6 Å². The number of nitrogens with one attached hydrogen (secondary N) is 2. The molecule has 0 aliphatic rings. The zero-order chi connectivity index (χ0) is 15.2. The van der Waals surface area contributed by atoms with Gasteiger partial charge >= 0.3 is 0 Å². The average molecular weight is 325 g/mol. The van der Waals surface area contributed by atoms with Gasteiger partial charge in [0.15, 0.2) is 0 Å². The van der Waals surface area contributed by atoms with Crippen molar-refractivity contribution >= 4 is 34.1 Å². The number of thioether (sulfide) groups is 1. The van der Waals surface area contributed by atoms with Gasteiger partial charge in [0, 0.05) is 12.5 Å². The van der Waals surface area contributed by atoms with E-state index >= 15 is 0 Å². The van der Waals surface area contributed by atoms with Crippen LogP contribution in [0, 0.1) is 0 Å². The highest BCUT2D eigenvalue weighted by Crippen LogP contribution is 2.17. The summed E-state index contributed by atoms with van der Waals surface area (Å²) < 4.78 is 0. The molecule has 2 rings (SSSR count). The van der Waals surface area contributed by atoms with Crippen molar-refractivity contribution in [2.24, 2.45) is 0 Å². The molecule has 0 aromatic carbocycles. The van der Waals surface area contributed by atoms with Crippen molar-refractivity contribution < 1.29 is 4.79 Å². The highest BCUT2D eigenvalue weighted by Gasteiger charge is 2.13. The number of aromatic nitrogens is 4. The van der Waals surface area contributed by atoms with Gasteiger partial charge in [-0.15, -0.1) is 10.2 Å². The summed E-state index contributed by atoms with van der Waals surface area (Å²) >= 11 is 2.84. The van der Waals surface area contributed by atoms with E-state index in [2.05, 4.69) is 25.5 Å². The lowest BCUT2D eigenvalue weighted by Crippen LogP contribution is -2.20. The van der Waals surface area contributed by atoms with E-state index in [0.717, 1.165) is 17.8 Å². The Labute approximate surface area is 129 Å². The summed E-state index contributed by atoms with van der Waals surface area (Å²) in [5.41, 5.74) is -0.266. The van der Waals surface area contributed by atoms with Crippen LogP contribution in [0.5, 0.6) is 0 Å². The predicted octanol–water partition coefficient (Wildman–Crippen LogP) is 1.69. The molecule has 0 radical (unpaired) electrons. The van der Waals surface area contributed by atoms with E-state index in [0.29, 0.717) is 16.7 Å². The number of hydrogen-bond acceptors (Lipinski definition) is 7. The minimum atomic E-state index is -0.456. The third kappa shape index (κ3) is 4.36. The maximum absolute atomic E-state index is 12.1. The third-order valence-corrected chi connectivity index (χ3v) is 3.92. The quantitative estimate of drug-likeness (QED) is 0.838. The summed E-state index contributed by atoms with van der Waals surface area (Å²) in [6, 6.07) is 1.17. The number of aryl methyl sites for hydroxylation is 1. The molecule has 0 bridgehead atoms. The minimum Gasteiger partial charge on any atom is -0.310 e. The van der Waals surface area contributed by atoms with Crippen LogP contribution in [0.15, 0.2) is 10.9 Å². The van der Waals surface area contributed by atoms with Crippen molar-refractivity contribution in [3.63, 3.8) is 0 Å². The largest absolute Gasteiger partial charge is 0.310 e. The second kappa shape index (κ2) is 7.32. The molecule has 21 heavy (non-hydrogen) atoms. The maximum atomic E-state index is 12.1. The topological polar surface area (TPSA) is 101 Å². The van der Waals surface area contributed by atoms with E-state index in [4.69, 9.17) is 0 Å². The molecule has 0 spiro atoms. The van der Waals surface area contributed by atoms with E-state index in [1.54, 1.807) is 0 Å². The Morgan fingerprint density at radius 1 is 1.48 bits per heavy atom. The molecular formula is C12H15N5O2S2. The number of nitrogens with zero attached hydrogens (tertiary/aromatic N) is 3. The molecule has 0 saturated heterocycles. The molecule has 7 nitrogen and oxygen atoms in total. The number of aromatic amines is 1. The molecule has 2 aromatic rings. The summed E-state index contributed by atoms with van der Waals surface area (Å²) in [6.07, 6.45) is 3.69. The molecule has 9 heteroatoms. The highest BCUT2D eigenvalue weighted by molar-refractivity contribution is 7.97. The molecule has 0 atom stereocenters. The Hall–Kier alpha value is -1.74. The van der Waals surface area contributed by atoms with Crippen LogP contribution in [0.3, 0.4) is 0 Å². The number of carbonyl (C=O) groups is 1. The molecule has 0 saturated carbocycles. The zero-order valence-corrected chi connectivity index (χ0v) is 13.3. The van der Waals surface area contributed by atoms with Gasteiger partial charge in [-0.3, -0.25) is 14.9 Å². The van der Waals surface area contributed by atoms with Crippen LogP contribution < -0.4 is 10.9 Å². The molecular weight excluding hydrogens is 310 g/mol. The molecule has 0 aliphatic heterocycles. The van der Waals surface area contributed by atoms with Crippen molar-refractivity contribution in [2.45, 2.75) is 25.5 Å². The molecule has 0 aliphatic carbocycles. The third-order valence-electron chi connectivity index (χ3n) is 2.46. The summed E-state index contributed by atoms with van der Waals surface area (Å²) in [5.74, 6) is 0.558. The summed E-state index contributed by atoms with van der Waals surface area (Å²) in [6.45, 7) is 2.05. The fourth-order valence-electron chi connectivity index (χ4n) is 1.61. The minimum absolute atomic E-state index is 0.0787. The lowest BCUT2D eigenvalue weighted by molar-refractivity contribution is 0.102. The van der Waals surface area contributed by atoms with Gasteiger partial charge in [-0.1, -0.05) is 18.3 Å². The van der Waals surface area contributed by atoms with Crippen LogP contribution in [-0.2, 0) is 12.2 Å². The lowest BCUT2D eigenvalue weighted by atomic mass is 10.4. The maximum Gasteiger partial charge on any atom is 0.276 e. The van der Waals surface area contributed by atoms with Crippen LogP contribution in [0.2, 0.25) is 0 Å². The highest BCUT2D eigenvalue weighted by atomic mass is 32.2. The van der Waals surface area contributed by atoms with E-state index < -0.39 is 5.91 Å². The first-order valence-electron chi connectivity index (χ1n) is 6.35. The van der Waals surface area contributed by atoms with Gasteiger partial charge in [-0.2, -0.15) is 11.8 Å². The van der Waals surface area contributed by atoms with Gasteiger partial charge < -0.3 is 4.98 Å². The van der Waals surface area contributed by atoms with Gasteiger partial charge in [0.25, 0.3) is 11.5 Å². The smallest absolute Gasteiger partial charge is 0.276 e. The van der Waals surface area contributed by atoms with Crippen LogP contribution in [0.1, 0.15) is 34.7 Å². The molecule has 0 fully saturated rings. The van der Waals surface area contributed by atoms with Gasteiger partial charge in [0.2, 0.25) is 5.13 Å². The van der Waals surface area contributed by atoms with E-state index in [9.17, 15) is 9.59 Å². The standard InChI is InChI=1S/C12H15N5O2S2/c1-3-4-10-16-17-12(21-10)15-11(19)7-5-9(18)14-8(13-7)6-20-2/h5H,3-4,6H2,1-2H3,(H,13,14,18)(H,15,17,19). The van der Waals surface area contributed by atoms with Gasteiger partial charge in [0.1, 0.15) is 16.5 Å². The second-order valence-corrected chi connectivity index (χ2v) is 6.14. The number of rotatable bonds is 6. The number of carbonyl (C=O) groups excluding carboxylic acids is 1. The second-order valence-electron chi connectivity index (χ2n) is 4.22. The Morgan fingerprint density at radius 3 is 3.00 bits per heavy atom. The SMILES string of the molecule is CCCc1nnc(NC(=O)c2cc(=O)[nH]c(CSC)n2)s1. The molecule has 2 heterocycles. The van der Waals surface area contributed by atoms with Gasteiger partial charge in [-0.05, 0) is 12.7 Å². The van der Waals surface area contributed by atoms with Gasteiger partial charge in [-0.25, -0.2) is 4.98 Å². The summed E-state index contributed by atoms with van der Waals surface area (Å²) in [7, 11) is 0. The number of H-pyrrole nitrogens is 1. The number of anilines is 1. The monoisotopic (exact) mass is 325 g/mol. The van der Waals surface area contributed by atoms with Crippen LogP contribution >= 0.6 is 23.1 Å². The van der Waals surface area contributed by atoms with E-state index in [1.165, 1.54) is 29.2 Å². The summed E-state index contributed by atoms with van der Waals surface area (Å²) in [4.78, 5) is 30.3. The predicted molar refractivity (Wildman–Crippen MR) is 83.9 cm³/mol.